The van der Waals surface area contributed by atoms with Gasteiger partial charge >= 0.3 is 17.9 Å². The van der Waals surface area contributed by atoms with Crippen LogP contribution < -0.4 is 0 Å². The van der Waals surface area contributed by atoms with Crippen LogP contribution in [0.5, 0.6) is 0 Å². The molecule has 0 saturated carbocycles. The van der Waals surface area contributed by atoms with Gasteiger partial charge in [-0.3, -0.25) is 14.4 Å². The van der Waals surface area contributed by atoms with Gasteiger partial charge in [0.25, 0.3) is 0 Å². The summed E-state index contributed by atoms with van der Waals surface area (Å²) in [6, 6.07) is 0. The van der Waals surface area contributed by atoms with Crippen molar-refractivity contribution < 1.29 is 39.2 Å². The molecule has 0 aromatic rings. The van der Waals surface area contributed by atoms with E-state index in [4.69, 9.17) is 19.7 Å². The quantitative estimate of drug-likeness (QED) is 0.520. The maximum atomic E-state index is 11.1. The molecule has 100 valence electrons. The van der Waals surface area contributed by atoms with Crippen LogP contribution in [-0.4, -0.2) is 57.6 Å². The summed E-state index contributed by atoms with van der Waals surface area (Å²) in [5.41, 5.74) is 0. The maximum absolute atomic E-state index is 11.1. The van der Waals surface area contributed by atoms with Gasteiger partial charge in [-0.05, 0) is 0 Å². The zero-order valence-electron chi connectivity index (χ0n) is 9.35. The second-order valence-electron chi connectivity index (χ2n) is 4.36. The smallest absolute Gasteiger partial charge is 0.310 e. The van der Waals surface area contributed by atoms with Gasteiger partial charge in [-0.15, -0.1) is 0 Å². The highest BCUT2D eigenvalue weighted by molar-refractivity contribution is 5.82. The molecule has 2 heterocycles. The fraction of sp³-hybridized carbons (Fsp3) is 0.700. The van der Waals surface area contributed by atoms with Crippen LogP contribution in [0.1, 0.15) is 6.92 Å². The summed E-state index contributed by atoms with van der Waals surface area (Å²) in [7, 11) is 0. The van der Waals surface area contributed by atoms with E-state index in [0.717, 1.165) is 6.92 Å². The number of carbonyl (C=O) groups excluding carboxylic acids is 1. The van der Waals surface area contributed by atoms with Crippen LogP contribution in [0.2, 0.25) is 0 Å². The van der Waals surface area contributed by atoms with Gasteiger partial charge in [0.05, 0.1) is 0 Å². The average molecular weight is 260 g/mol. The molecule has 2 aliphatic rings. The number of esters is 1. The normalized spacial score (nSPS) is 41.7. The lowest BCUT2D eigenvalue weighted by Gasteiger charge is -2.30. The van der Waals surface area contributed by atoms with E-state index in [1.165, 1.54) is 0 Å². The van der Waals surface area contributed by atoms with E-state index in [0.29, 0.717) is 0 Å². The van der Waals surface area contributed by atoms with Gasteiger partial charge in [-0.1, -0.05) is 0 Å². The second kappa shape index (κ2) is 4.21. The van der Waals surface area contributed by atoms with E-state index in [1.54, 1.807) is 0 Å². The highest BCUT2D eigenvalue weighted by Crippen LogP contribution is 2.45. The van der Waals surface area contributed by atoms with Gasteiger partial charge in [0, 0.05) is 6.92 Å². The van der Waals surface area contributed by atoms with E-state index in [2.05, 4.69) is 0 Å². The molecule has 2 aliphatic heterocycles. The maximum Gasteiger partial charge on any atom is 0.310 e. The third-order valence-electron chi connectivity index (χ3n) is 3.28. The summed E-state index contributed by atoms with van der Waals surface area (Å²) < 4.78 is 9.95. The summed E-state index contributed by atoms with van der Waals surface area (Å²) in [4.78, 5) is 33.0. The molecule has 18 heavy (non-hydrogen) atoms. The number of hydrogen-bond acceptors (Lipinski definition) is 6. The van der Waals surface area contributed by atoms with Crippen molar-refractivity contribution in [2.24, 2.45) is 11.8 Å². The molecule has 0 spiro atoms. The van der Waals surface area contributed by atoms with Crippen LogP contribution in [0, 0.1) is 11.8 Å². The van der Waals surface area contributed by atoms with Crippen molar-refractivity contribution in [2.75, 3.05) is 0 Å². The predicted molar refractivity (Wildman–Crippen MR) is 52.5 cm³/mol. The average Bonchev–Trinajstić information content (AvgIpc) is 2.75. The Morgan fingerprint density at radius 3 is 2.00 bits per heavy atom. The number of aliphatic hydroxyl groups is 1. The summed E-state index contributed by atoms with van der Waals surface area (Å²) in [6.07, 6.45) is -4.76. The first kappa shape index (κ1) is 12.8. The van der Waals surface area contributed by atoms with Crippen LogP contribution >= 0.6 is 0 Å². The monoisotopic (exact) mass is 260 g/mol. The minimum absolute atomic E-state index is 0.689. The Balaban J connectivity index is 2.28. The van der Waals surface area contributed by atoms with Crippen molar-refractivity contribution in [3.63, 3.8) is 0 Å². The van der Waals surface area contributed by atoms with Crippen LogP contribution in [0.4, 0.5) is 0 Å². The molecule has 2 saturated heterocycles. The molecule has 8 nitrogen and oxygen atoms in total. The molecular weight excluding hydrogens is 248 g/mol. The molecule has 0 radical (unpaired) electrons. The van der Waals surface area contributed by atoms with Crippen molar-refractivity contribution in [1.82, 2.24) is 0 Å². The molecule has 8 heteroatoms. The zero-order chi connectivity index (χ0) is 13.6. The van der Waals surface area contributed by atoms with Crippen molar-refractivity contribution >= 4 is 17.9 Å². The first-order chi connectivity index (χ1) is 8.34. The summed E-state index contributed by atoms with van der Waals surface area (Å²) in [5, 5.41) is 27.8. The Kier molecular flexibility index (Phi) is 2.99. The van der Waals surface area contributed by atoms with Crippen LogP contribution in [0.3, 0.4) is 0 Å². The van der Waals surface area contributed by atoms with Gasteiger partial charge in [-0.2, -0.15) is 0 Å². The number of carboxylic acid groups (broad SMARTS) is 2. The van der Waals surface area contributed by atoms with Crippen LogP contribution in [0.25, 0.3) is 0 Å². The van der Waals surface area contributed by atoms with Crippen molar-refractivity contribution in [3.05, 3.63) is 0 Å². The fourth-order valence-electron chi connectivity index (χ4n) is 2.63. The summed E-state index contributed by atoms with van der Waals surface area (Å²) >= 11 is 0. The molecule has 0 aromatic heterocycles. The molecule has 6 atom stereocenters. The van der Waals surface area contributed by atoms with Crippen LogP contribution in [-0.2, 0) is 23.9 Å². The lowest BCUT2D eigenvalue weighted by Crippen LogP contribution is -2.53. The molecule has 0 aromatic carbocycles. The third-order valence-corrected chi connectivity index (χ3v) is 3.28. The van der Waals surface area contributed by atoms with E-state index in [-0.39, 0.29) is 0 Å². The lowest BCUT2D eigenvalue weighted by molar-refractivity contribution is -0.167. The Labute approximate surface area is 101 Å². The molecule has 2 rings (SSSR count). The number of carboxylic acids is 2. The molecule has 0 aliphatic carbocycles. The minimum Gasteiger partial charge on any atom is -0.481 e. The van der Waals surface area contributed by atoms with Crippen LogP contribution in [0.15, 0.2) is 0 Å². The van der Waals surface area contributed by atoms with Gasteiger partial charge in [0.2, 0.25) is 0 Å². The molecule has 2 fully saturated rings. The van der Waals surface area contributed by atoms with Crippen molar-refractivity contribution in [3.8, 4) is 0 Å². The standard InChI is InChI=1S/C10H12O8/c1-2(11)17-8-5(12)6-3(9(13)14)4(10(15)16)7(8)18-6/h3-8,12H,1H3,(H,13,14)(H,15,16)/t3-,4+,5-,6-,7+,8-/m0/s1. The Morgan fingerprint density at radius 2 is 1.56 bits per heavy atom. The second-order valence-corrected chi connectivity index (χ2v) is 4.36. The summed E-state index contributed by atoms with van der Waals surface area (Å²) in [5.74, 6) is -6.06. The van der Waals surface area contributed by atoms with E-state index >= 15 is 0 Å². The largest absolute Gasteiger partial charge is 0.481 e. The zero-order valence-corrected chi connectivity index (χ0v) is 9.35. The number of aliphatic carboxylic acids is 2. The fourth-order valence-corrected chi connectivity index (χ4v) is 2.63. The van der Waals surface area contributed by atoms with Gasteiger partial charge < -0.3 is 24.8 Å². The lowest BCUT2D eigenvalue weighted by atomic mass is 9.76. The van der Waals surface area contributed by atoms with E-state index < -0.39 is 54.2 Å². The number of aliphatic hydroxyl groups excluding tert-OH is 1. The Hall–Kier alpha value is -1.67. The molecule has 0 amide bonds. The minimum atomic E-state index is -1.35. The van der Waals surface area contributed by atoms with Gasteiger partial charge in [0.15, 0.2) is 6.10 Å². The highest BCUT2D eigenvalue weighted by Gasteiger charge is 2.65. The first-order valence-corrected chi connectivity index (χ1v) is 5.31. The molecule has 0 unspecified atom stereocenters. The number of rotatable bonds is 3. The van der Waals surface area contributed by atoms with E-state index in [1.807, 2.05) is 0 Å². The molecular formula is C10H12O8. The topological polar surface area (TPSA) is 130 Å². The summed E-state index contributed by atoms with van der Waals surface area (Å²) in [6.45, 7) is 1.11. The van der Waals surface area contributed by atoms with Gasteiger partial charge in [-0.25, -0.2) is 0 Å². The predicted octanol–water partition coefficient (Wildman–Crippen LogP) is -1.54. The molecule has 3 N–H and O–H groups in total. The van der Waals surface area contributed by atoms with Crippen molar-refractivity contribution in [2.45, 2.75) is 31.3 Å². The van der Waals surface area contributed by atoms with Gasteiger partial charge in [0.1, 0.15) is 30.1 Å². The number of carbonyl (C=O) groups is 3. The number of fused-ring (bicyclic) bond motifs is 2. The van der Waals surface area contributed by atoms with E-state index in [9.17, 15) is 19.5 Å². The number of ether oxygens (including phenoxy) is 2. The Bertz CT molecular complexity index is 403. The third kappa shape index (κ3) is 1.73. The first-order valence-electron chi connectivity index (χ1n) is 5.31. The molecule has 2 bridgehead atoms. The highest BCUT2D eigenvalue weighted by atomic mass is 16.6. The Morgan fingerprint density at radius 1 is 1.06 bits per heavy atom. The SMILES string of the molecule is CC(=O)O[C@H]1[C@@H](O)[C@H]2O[C@@H]1[C@H](C(=O)O)[C@@H]2C(=O)O. The number of hydrogen-bond donors (Lipinski definition) is 3. The van der Waals surface area contributed by atoms with Crippen molar-refractivity contribution in [1.29, 1.82) is 0 Å².